The number of nitriles is 1. The maximum Gasteiger partial charge on any atom is 0.255 e. The van der Waals surface area contributed by atoms with Crippen LogP contribution in [0, 0.1) is 11.3 Å². The molecule has 0 unspecified atom stereocenters. The Morgan fingerprint density at radius 1 is 1.30 bits per heavy atom. The SMILES string of the molecule is N#CC1(NC(=O)c2cccnc2Br)CCCCCCC1. The van der Waals surface area contributed by atoms with Gasteiger partial charge in [-0.2, -0.15) is 5.26 Å². The van der Waals surface area contributed by atoms with Gasteiger partial charge in [0.2, 0.25) is 0 Å². The highest BCUT2D eigenvalue weighted by molar-refractivity contribution is 9.10. The zero-order valence-electron chi connectivity index (χ0n) is 11.4. The summed E-state index contributed by atoms with van der Waals surface area (Å²) in [6, 6.07) is 5.77. The summed E-state index contributed by atoms with van der Waals surface area (Å²) >= 11 is 3.27. The third kappa shape index (κ3) is 3.57. The van der Waals surface area contributed by atoms with Crippen molar-refractivity contribution < 1.29 is 4.79 Å². The van der Waals surface area contributed by atoms with Crippen LogP contribution in [0.25, 0.3) is 0 Å². The number of nitrogens with one attached hydrogen (secondary N) is 1. The minimum Gasteiger partial charge on any atom is -0.334 e. The summed E-state index contributed by atoms with van der Waals surface area (Å²) in [4.78, 5) is 16.4. The van der Waals surface area contributed by atoms with E-state index >= 15 is 0 Å². The van der Waals surface area contributed by atoms with Gasteiger partial charge in [0, 0.05) is 6.20 Å². The van der Waals surface area contributed by atoms with Gasteiger partial charge >= 0.3 is 0 Å². The lowest BCUT2D eigenvalue weighted by Crippen LogP contribution is -2.47. The van der Waals surface area contributed by atoms with Crippen molar-refractivity contribution >= 4 is 21.8 Å². The third-order valence-electron chi connectivity index (χ3n) is 3.78. The van der Waals surface area contributed by atoms with E-state index in [-0.39, 0.29) is 5.91 Å². The van der Waals surface area contributed by atoms with Crippen molar-refractivity contribution in [1.82, 2.24) is 10.3 Å². The summed E-state index contributed by atoms with van der Waals surface area (Å²) in [7, 11) is 0. The van der Waals surface area contributed by atoms with Gasteiger partial charge in [-0.15, -0.1) is 0 Å². The molecule has 106 valence electrons. The molecule has 0 spiro atoms. The van der Waals surface area contributed by atoms with Crippen molar-refractivity contribution in [1.29, 1.82) is 5.26 Å². The van der Waals surface area contributed by atoms with Gasteiger partial charge in [-0.05, 0) is 40.9 Å². The van der Waals surface area contributed by atoms with Crippen molar-refractivity contribution in [3.05, 3.63) is 28.5 Å². The lowest BCUT2D eigenvalue weighted by atomic mass is 9.85. The molecule has 2 rings (SSSR count). The lowest BCUT2D eigenvalue weighted by molar-refractivity contribution is 0.0906. The van der Waals surface area contributed by atoms with Gasteiger partial charge in [-0.1, -0.05) is 32.1 Å². The first kappa shape index (κ1) is 15.0. The summed E-state index contributed by atoms with van der Waals surface area (Å²) in [5.74, 6) is -0.230. The zero-order valence-corrected chi connectivity index (χ0v) is 12.9. The predicted molar refractivity (Wildman–Crippen MR) is 80.1 cm³/mol. The molecule has 1 N–H and O–H groups in total. The third-order valence-corrected chi connectivity index (χ3v) is 4.41. The quantitative estimate of drug-likeness (QED) is 0.840. The fourth-order valence-electron chi connectivity index (χ4n) is 2.61. The summed E-state index contributed by atoms with van der Waals surface area (Å²) in [5, 5.41) is 12.5. The van der Waals surface area contributed by atoms with Gasteiger partial charge in [0.1, 0.15) is 10.1 Å². The van der Waals surface area contributed by atoms with Gasteiger partial charge in [-0.3, -0.25) is 4.79 Å². The zero-order chi connectivity index (χ0) is 14.4. The highest BCUT2D eigenvalue weighted by Crippen LogP contribution is 2.26. The molecule has 1 aromatic rings. The number of pyridine rings is 1. The van der Waals surface area contributed by atoms with Gasteiger partial charge in [0.05, 0.1) is 11.6 Å². The number of carbonyl (C=O) groups excluding carboxylic acids is 1. The number of halogens is 1. The molecule has 1 aliphatic carbocycles. The molecule has 0 atom stereocenters. The molecule has 20 heavy (non-hydrogen) atoms. The van der Waals surface area contributed by atoms with E-state index in [2.05, 4.69) is 32.3 Å². The fraction of sp³-hybridized carbons (Fsp3) is 0.533. The highest BCUT2D eigenvalue weighted by atomic mass is 79.9. The van der Waals surface area contributed by atoms with E-state index < -0.39 is 5.54 Å². The smallest absolute Gasteiger partial charge is 0.255 e. The Labute approximate surface area is 127 Å². The van der Waals surface area contributed by atoms with E-state index in [0.29, 0.717) is 10.2 Å². The first-order valence-electron chi connectivity index (χ1n) is 7.01. The van der Waals surface area contributed by atoms with Gasteiger partial charge in [-0.25, -0.2) is 4.98 Å². The minimum atomic E-state index is -0.729. The molecule has 1 heterocycles. The highest BCUT2D eigenvalue weighted by Gasteiger charge is 2.32. The first-order chi connectivity index (χ1) is 9.67. The topological polar surface area (TPSA) is 65.8 Å². The first-order valence-corrected chi connectivity index (χ1v) is 7.80. The van der Waals surface area contributed by atoms with Gasteiger partial charge < -0.3 is 5.32 Å². The van der Waals surface area contributed by atoms with Crippen molar-refractivity contribution in [2.45, 2.75) is 50.5 Å². The number of hydrogen-bond donors (Lipinski definition) is 1. The standard InChI is InChI=1S/C15H18BrN3O/c16-13-12(7-6-10-18-13)14(20)19-15(11-17)8-4-2-1-3-5-9-15/h6-7,10H,1-5,8-9H2,(H,19,20). The van der Waals surface area contributed by atoms with Gasteiger partial charge in [0.15, 0.2) is 0 Å². The largest absolute Gasteiger partial charge is 0.334 e. The number of carbonyl (C=O) groups is 1. The number of rotatable bonds is 2. The molecule has 0 aromatic carbocycles. The van der Waals surface area contributed by atoms with Gasteiger partial charge in [0.25, 0.3) is 5.91 Å². The van der Waals surface area contributed by atoms with Crippen LogP contribution in [-0.4, -0.2) is 16.4 Å². The summed E-state index contributed by atoms with van der Waals surface area (Å²) in [6.07, 6.45) is 8.55. The average Bonchev–Trinajstić information content (AvgIpc) is 2.42. The second kappa shape index (κ2) is 6.85. The summed E-state index contributed by atoms with van der Waals surface area (Å²) in [5.41, 5.74) is -0.253. The Morgan fingerprint density at radius 2 is 1.95 bits per heavy atom. The molecule has 0 bridgehead atoms. The van der Waals surface area contributed by atoms with E-state index in [1.54, 1.807) is 18.3 Å². The Morgan fingerprint density at radius 3 is 2.55 bits per heavy atom. The molecule has 1 amide bonds. The Hall–Kier alpha value is -1.41. The molecule has 0 saturated heterocycles. The van der Waals surface area contributed by atoms with Crippen molar-refractivity contribution in [2.75, 3.05) is 0 Å². The van der Waals surface area contributed by atoms with E-state index in [1.165, 1.54) is 6.42 Å². The lowest BCUT2D eigenvalue weighted by Gasteiger charge is -2.29. The number of hydrogen-bond acceptors (Lipinski definition) is 3. The van der Waals surface area contributed by atoms with Crippen molar-refractivity contribution in [3.8, 4) is 6.07 Å². The second-order valence-corrected chi connectivity index (χ2v) is 6.01. The average molecular weight is 336 g/mol. The summed E-state index contributed by atoms with van der Waals surface area (Å²) < 4.78 is 0.511. The van der Waals surface area contributed by atoms with Crippen LogP contribution in [-0.2, 0) is 0 Å². The molecule has 1 aromatic heterocycles. The monoisotopic (exact) mass is 335 g/mol. The van der Waals surface area contributed by atoms with Crippen LogP contribution in [0.5, 0.6) is 0 Å². The van der Waals surface area contributed by atoms with Crippen LogP contribution in [0.1, 0.15) is 55.3 Å². The molecule has 0 radical (unpaired) electrons. The fourth-order valence-corrected chi connectivity index (χ4v) is 3.04. The molecule has 1 aliphatic rings. The van der Waals surface area contributed by atoms with Crippen LogP contribution in [0.15, 0.2) is 22.9 Å². The molecule has 1 saturated carbocycles. The molecule has 1 fully saturated rings. The molecule has 5 heteroatoms. The van der Waals surface area contributed by atoms with E-state index in [0.717, 1.165) is 38.5 Å². The normalized spacial score (nSPS) is 18.4. The van der Waals surface area contributed by atoms with Crippen LogP contribution >= 0.6 is 15.9 Å². The van der Waals surface area contributed by atoms with Crippen molar-refractivity contribution in [2.24, 2.45) is 0 Å². The van der Waals surface area contributed by atoms with Crippen LogP contribution in [0.4, 0.5) is 0 Å². The van der Waals surface area contributed by atoms with Crippen molar-refractivity contribution in [3.63, 3.8) is 0 Å². The Balaban J connectivity index is 2.14. The minimum absolute atomic E-state index is 0.230. The number of amides is 1. The Bertz CT molecular complexity index is 516. The van der Waals surface area contributed by atoms with Crippen LogP contribution < -0.4 is 5.32 Å². The van der Waals surface area contributed by atoms with E-state index in [1.807, 2.05) is 0 Å². The molecule has 0 aliphatic heterocycles. The molecular formula is C15H18BrN3O. The maximum atomic E-state index is 12.4. The number of aromatic nitrogens is 1. The maximum absolute atomic E-state index is 12.4. The Kier molecular flexibility index (Phi) is 5.13. The van der Waals surface area contributed by atoms with Crippen LogP contribution in [0.2, 0.25) is 0 Å². The van der Waals surface area contributed by atoms with E-state index in [9.17, 15) is 10.1 Å². The van der Waals surface area contributed by atoms with E-state index in [4.69, 9.17) is 0 Å². The second-order valence-electron chi connectivity index (χ2n) is 5.26. The molecule has 4 nitrogen and oxygen atoms in total. The molecular weight excluding hydrogens is 318 g/mol. The number of nitrogens with zero attached hydrogens (tertiary/aromatic N) is 2. The van der Waals surface area contributed by atoms with Crippen LogP contribution in [0.3, 0.4) is 0 Å². The summed E-state index contributed by atoms with van der Waals surface area (Å²) in [6.45, 7) is 0. The predicted octanol–water partition coefficient (Wildman–Crippen LogP) is 3.58.